The quantitative estimate of drug-likeness (QED) is 0.412. The minimum Gasteiger partial charge on any atom is -0.355 e. The molecule has 1 aromatic carbocycles. The first-order chi connectivity index (χ1) is 11.6. The summed E-state index contributed by atoms with van der Waals surface area (Å²) in [6.45, 7) is 2.82. The van der Waals surface area contributed by atoms with Gasteiger partial charge in [-0.2, -0.15) is 0 Å². The number of carbonyl (C=O) groups excluding carboxylic acids is 1. The molecule has 0 aliphatic rings. The van der Waals surface area contributed by atoms with Crippen LogP contribution in [-0.4, -0.2) is 33.1 Å². The summed E-state index contributed by atoms with van der Waals surface area (Å²) in [5, 5.41) is 11.1. The van der Waals surface area contributed by atoms with E-state index in [-0.39, 0.29) is 23.0 Å². The molecule has 0 aliphatic carbocycles. The van der Waals surface area contributed by atoms with Crippen molar-refractivity contribution in [2.45, 2.75) is 37.8 Å². The fourth-order valence-electron chi connectivity index (χ4n) is 2.16. The minimum absolute atomic E-state index is 0.0769. The average molecular weight is 351 g/mol. The normalized spacial score (nSPS) is 10.8. The number of unbranched alkanes of at least 4 members (excludes halogenated alkanes) is 3. The summed E-state index contributed by atoms with van der Waals surface area (Å²) in [4.78, 5) is 11.8. The maximum absolute atomic E-state index is 13.8. The number of aromatic nitrogens is 3. The second kappa shape index (κ2) is 9.27. The second-order valence-electron chi connectivity index (χ2n) is 5.36. The molecule has 130 valence electrons. The molecule has 0 fully saturated rings. The standard InChI is InChI=1S/C16H22FN5OS/c1-2-3-4-7-10-19-14(23)11-24-16-21-20-15(22(16)18)12-8-5-6-9-13(12)17/h5-6,8-9H,2-4,7,10-11,18H2,1H3,(H,19,23). The highest BCUT2D eigenvalue weighted by Gasteiger charge is 2.16. The minimum atomic E-state index is -0.419. The van der Waals surface area contributed by atoms with E-state index in [9.17, 15) is 9.18 Å². The third-order valence-corrected chi connectivity index (χ3v) is 4.41. The SMILES string of the molecule is CCCCCCNC(=O)CSc1nnc(-c2ccccc2F)n1N. The van der Waals surface area contributed by atoms with Gasteiger partial charge < -0.3 is 11.2 Å². The van der Waals surface area contributed by atoms with Crippen molar-refractivity contribution in [1.82, 2.24) is 20.2 Å². The third-order valence-electron chi connectivity index (χ3n) is 3.46. The number of benzene rings is 1. The molecular formula is C16H22FN5OS. The van der Waals surface area contributed by atoms with Crippen LogP contribution in [0.15, 0.2) is 29.4 Å². The van der Waals surface area contributed by atoms with Crippen molar-refractivity contribution in [2.24, 2.45) is 0 Å². The number of nitrogens with one attached hydrogen (secondary N) is 1. The highest BCUT2D eigenvalue weighted by Crippen LogP contribution is 2.23. The van der Waals surface area contributed by atoms with E-state index in [2.05, 4.69) is 22.4 Å². The zero-order chi connectivity index (χ0) is 17.4. The van der Waals surface area contributed by atoms with Crippen LogP contribution in [0.1, 0.15) is 32.6 Å². The van der Waals surface area contributed by atoms with Gasteiger partial charge in [-0.05, 0) is 18.6 Å². The van der Waals surface area contributed by atoms with Crippen molar-refractivity contribution in [3.8, 4) is 11.4 Å². The van der Waals surface area contributed by atoms with E-state index in [0.717, 1.165) is 12.8 Å². The van der Waals surface area contributed by atoms with Gasteiger partial charge in [0.15, 0.2) is 5.82 Å². The van der Waals surface area contributed by atoms with E-state index < -0.39 is 5.82 Å². The zero-order valence-electron chi connectivity index (χ0n) is 13.7. The summed E-state index contributed by atoms with van der Waals surface area (Å²) in [5.74, 6) is 5.85. The number of carbonyl (C=O) groups is 1. The number of hydrogen-bond donors (Lipinski definition) is 2. The monoisotopic (exact) mass is 351 g/mol. The maximum atomic E-state index is 13.8. The molecule has 0 unspecified atom stereocenters. The Morgan fingerprint density at radius 2 is 2.08 bits per heavy atom. The Morgan fingerprint density at radius 1 is 1.29 bits per heavy atom. The number of hydrogen-bond acceptors (Lipinski definition) is 5. The largest absolute Gasteiger partial charge is 0.355 e. The molecule has 0 spiro atoms. The lowest BCUT2D eigenvalue weighted by molar-refractivity contribution is -0.118. The molecule has 0 radical (unpaired) electrons. The molecule has 1 aromatic heterocycles. The molecule has 2 aromatic rings. The van der Waals surface area contributed by atoms with Gasteiger partial charge in [0.1, 0.15) is 5.82 Å². The summed E-state index contributed by atoms with van der Waals surface area (Å²) in [7, 11) is 0. The summed E-state index contributed by atoms with van der Waals surface area (Å²) in [6.07, 6.45) is 4.45. The predicted molar refractivity (Wildman–Crippen MR) is 93.4 cm³/mol. The van der Waals surface area contributed by atoms with Gasteiger partial charge in [-0.3, -0.25) is 4.79 Å². The number of nitrogens with zero attached hydrogens (tertiary/aromatic N) is 3. The van der Waals surface area contributed by atoms with Gasteiger partial charge in [0.05, 0.1) is 11.3 Å². The lowest BCUT2D eigenvalue weighted by atomic mass is 10.2. The Balaban J connectivity index is 1.86. The van der Waals surface area contributed by atoms with Crippen molar-refractivity contribution in [3.05, 3.63) is 30.1 Å². The van der Waals surface area contributed by atoms with Gasteiger partial charge >= 0.3 is 0 Å². The lowest BCUT2D eigenvalue weighted by Gasteiger charge is -2.06. The molecule has 0 saturated carbocycles. The van der Waals surface area contributed by atoms with Crippen LogP contribution in [0.25, 0.3) is 11.4 Å². The summed E-state index contributed by atoms with van der Waals surface area (Å²) in [5.41, 5.74) is 0.278. The van der Waals surface area contributed by atoms with Gasteiger partial charge in [-0.15, -0.1) is 10.2 Å². The van der Waals surface area contributed by atoms with Gasteiger partial charge in [0, 0.05) is 6.54 Å². The van der Waals surface area contributed by atoms with Crippen LogP contribution in [0, 0.1) is 5.82 Å². The van der Waals surface area contributed by atoms with E-state index in [1.807, 2.05) is 0 Å². The fourth-order valence-corrected chi connectivity index (χ4v) is 2.85. The van der Waals surface area contributed by atoms with Gasteiger partial charge in [0.25, 0.3) is 0 Å². The van der Waals surface area contributed by atoms with Crippen LogP contribution < -0.4 is 11.2 Å². The lowest BCUT2D eigenvalue weighted by Crippen LogP contribution is -2.26. The number of rotatable bonds is 9. The average Bonchev–Trinajstić information content (AvgIpc) is 2.94. The molecule has 2 rings (SSSR count). The van der Waals surface area contributed by atoms with E-state index in [1.54, 1.807) is 18.2 Å². The third kappa shape index (κ3) is 4.95. The maximum Gasteiger partial charge on any atom is 0.230 e. The predicted octanol–water partition coefficient (Wildman–Crippen LogP) is 2.59. The Labute approximate surface area is 145 Å². The molecule has 0 saturated heterocycles. The highest BCUT2D eigenvalue weighted by atomic mass is 32.2. The van der Waals surface area contributed by atoms with Crippen LogP contribution in [0.5, 0.6) is 0 Å². The molecular weight excluding hydrogens is 329 g/mol. The molecule has 1 amide bonds. The van der Waals surface area contributed by atoms with E-state index in [0.29, 0.717) is 11.7 Å². The Bertz CT molecular complexity index is 676. The topological polar surface area (TPSA) is 85.8 Å². The van der Waals surface area contributed by atoms with E-state index >= 15 is 0 Å². The van der Waals surface area contributed by atoms with E-state index in [1.165, 1.54) is 35.3 Å². The van der Waals surface area contributed by atoms with E-state index in [4.69, 9.17) is 5.84 Å². The molecule has 6 nitrogen and oxygen atoms in total. The molecule has 24 heavy (non-hydrogen) atoms. The molecule has 0 atom stereocenters. The molecule has 8 heteroatoms. The van der Waals surface area contributed by atoms with Gasteiger partial charge in [-0.1, -0.05) is 50.1 Å². The van der Waals surface area contributed by atoms with Crippen molar-refractivity contribution < 1.29 is 9.18 Å². The van der Waals surface area contributed by atoms with Crippen LogP contribution in [0.4, 0.5) is 4.39 Å². The Morgan fingerprint density at radius 3 is 2.83 bits per heavy atom. The molecule has 1 heterocycles. The van der Waals surface area contributed by atoms with Crippen LogP contribution in [0.2, 0.25) is 0 Å². The van der Waals surface area contributed by atoms with Crippen LogP contribution in [0.3, 0.4) is 0 Å². The van der Waals surface area contributed by atoms with Crippen molar-refractivity contribution in [3.63, 3.8) is 0 Å². The zero-order valence-corrected chi connectivity index (χ0v) is 14.5. The van der Waals surface area contributed by atoms with Crippen molar-refractivity contribution in [2.75, 3.05) is 18.1 Å². The number of halogens is 1. The highest BCUT2D eigenvalue weighted by molar-refractivity contribution is 7.99. The van der Waals surface area contributed by atoms with Gasteiger partial charge in [-0.25, -0.2) is 9.07 Å². The first-order valence-electron chi connectivity index (χ1n) is 7.98. The van der Waals surface area contributed by atoms with Crippen molar-refractivity contribution in [1.29, 1.82) is 0 Å². The first-order valence-corrected chi connectivity index (χ1v) is 8.97. The number of nitrogen functional groups attached to an aromatic ring is 1. The summed E-state index contributed by atoms with van der Waals surface area (Å²) in [6, 6.07) is 6.21. The summed E-state index contributed by atoms with van der Waals surface area (Å²) >= 11 is 1.17. The van der Waals surface area contributed by atoms with Crippen LogP contribution in [-0.2, 0) is 4.79 Å². The molecule has 0 bridgehead atoms. The molecule has 0 aliphatic heterocycles. The number of amides is 1. The number of thioether (sulfide) groups is 1. The Kier molecular flexibility index (Phi) is 7.05. The second-order valence-corrected chi connectivity index (χ2v) is 6.30. The summed E-state index contributed by atoms with van der Waals surface area (Å²) < 4.78 is 15.0. The Hall–Kier alpha value is -2.09. The van der Waals surface area contributed by atoms with Crippen LogP contribution >= 0.6 is 11.8 Å². The molecule has 3 N–H and O–H groups in total. The number of nitrogens with two attached hydrogens (primary N) is 1. The van der Waals surface area contributed by atoms with Gasteiger partial charge in [0.2, 0.25) is 11.1 Å². The fraction of sp³-hybridized carbons (Fsp3) is 0.438. The first kappa shape index (κ1) is 18.3. The smallest absolute Gasteiger partial charge is 0.230 e. The van der Waals surface area contributed by atoms with Crippen molar-refractivity contribution >= 4 is 17.7 Å².